The molecule has 4 N–H and O–H groups in total. The number of carbonyl (C=O) groups excluding carboxylic acids is 2. The van der Waals surface area contributed by atoms with E-state index in [0.717, 1.165) is 28.8 Å². The molecule has 2 aromatic carbocycles. The smallest absolute Gasteiger partial charge is 0.315 e. The number of fused-ring (bicyclic) bond motifs is 4. The first kappa shape index (κ1) is 22.1. The van der Waals surface area contributed by atoms with Crippen molar-refractivity contribution in [3.8, 4) is 0 Å². The molecule has 0 saturated carbocycles. The fraction of sp³-hybridized carbons (Fsp3) is 0.417. The maximum atomic E-state index is 12.5. The molecule has 0 spiro atoms. The van der Waals surface area contributed by atoms with Crippen LogP contribution in [0.4, 0.5) is 10.5 Å². The number of anilines is 1. The Balaban J connectivity index is 1.26. The van der Waals surface area contributed by atoms with Crippen LogP contribution in [0.1, 0.15) is 42.2 Å². The predicted octanol–water partition coefficient (Wildman–Crippen LogP) is 2.32. The summed E-state index contributed by atoms with van der Waals surface area (Å²) in [6, 6.07) is 15.2. The molecule has 0 aliphatic carbocycles. The van der Waals surface area contributed by atoms with Gasteiger partial charge in [0.1, 0.15) is 0 Å². The summed E-state index contributed by atoms with van der Waals surface area (Å²) >= 11 is 0. The van der Waals surface area contributed by atoms with Crippen LogP contribution in [0.2, 0.25) is 0 Å². The minimum Gasteiger partial charge on any atom is -0.389 e. The molecule has 1 saturated heterocycles. The van der Waals surface area contributed by atoms with Gasteiger partial charge in [-0.1, -0.05) is 36.4 Å². The predicted molar refractivity (Wildman–Crippen MR) is 121 cm³/mol. The normalized spacial score (nSPS) is 22.2. The fourth-order valence-electron chi connectivity index (χ4n) is 4.17. The second-order valence-corrected chi connectivity index (χ2v) is 8.42. The van der Waals surface area contributed by atoms with E-state index in [-0.39, 0.29) is 30.6 Å². The second-order valence-electron chi connectivity index (χ2n) is 8.42. The van der Waals surface area contributed by atoms with Crippen molar-refractivity contribution in [2.45, 2.75) is 44.2 Å². The Labute approximate surface area is 187 Å². The van der Waals surface area contributed by atoms with Gasteiger partial charge in [-0.3, -0.25) is 4.79 Å². The van der Waals surface area contributed by atoms with Gasteiger partial charge in [0.05, 0.1) is 37.4 Å². The van der Waals surface area contributed by atoms with Crippen molar-refractivity contribution in [2.24, 2.45) is 0 Å². The molecule has 0 radical (unpaired) electrons. The highest BCUT2D eigenvalue weighted by atomic mass is 16.5. The number of aliphatic hydroxyl groups excluding tert-OH is 1. The third-order valence-corrected chi connectivity index (χ3v) is 6.31. The zero-order valence-electron chi connectivity index (χ0n) is 18.4. The molecule has 2 bridgehead atoms. The van der Waals surface area contributed by atoms with Crippen molar-refractivity contribution in [3.05, 3.63) is 65.2 Å². The SMILES string of the molecule is C[C@H](c1ccccc1)N(C)C(=O)CNC(=O)NCc1ccc2c(c1)[C@@H]1C[C@H](N2)[C@H](O)CO1. The highest BCUT2D eigenvalue weighted by Gasteiger charge is 2.36. The van der Waals surface area contributed by atoms with E-state index in [1.807, 2.05) is 55.5 Å². The maximum Gasteiger partial charge on any atom is 0.315 e. The van der Waals surface area contributed by atoms with Gasteiger partial charge in [0.25, 0.3) is 0 Å². The van der Waals surface area contributed by atoms with E-state index < -0.39 is 12.1 Å². The minimum atomic E-state index is -0.498. The molecule has 2 heterocycles. The first-order valence-electron chi connectivity index (χ1n) is 10.9. The number of urea groups is 1. The van der Waals surface area contributed by atoms with Crippen molar-refractivity contribution in [1.29, 1.82) is 0 Å². The Hall–Kier alpha value is -3.10. The molecule has 32 heavy (non-hydrogen) atoms. The third-order valence-electron chi connectivity index (χ3n) is 6.31. The lowest BCUT2D eigenvalue weighted by molar-refractivity contribution is -0.130. The number of aliphatic hydroxyl groups is 1. The van der Waals surface area contributed by atoms with Crippen LogP contribution in [0.25, 0.3) is 0 Å². The highest BCUT2D eigenvalue weighted by molar-refractivity contribution is 5.84. The van der Waals surface area contributed by atoms with Crippen molar-refractivity contribution < 1.29 is 19.4 Å². The number of amides is 3. The van der Waals surface area contributed by atoms with Crippen LogP contribution in [0.3, 0.4) is 0 Å². The summed E-state index contributed by atoms with van der Waals surface area (Å²) in [5, 5.41) is 18.8. The monoisotopic (exact) mass is 438 g/mol. The Bertz CT molecular complexity index is 968. The number of hydrogen-bond acceptors (Lipinski definition) is 5. The van der Waals surface area contributed by atoms with E-state index in [4.69, 9.17) is 4.74 Å². The highest BCUT2D eigenvalue weighted by Crippen LogP contribution is 2.39. The lowest BCUT2D eigenvalue weighted by Crippen LogP contribution is -2.46. The number of nitrogens with one attached hydrogen (secondary N) is 3. The molecule has 170 valence electrons. The number of carbonyl (C=O) groups is 2. The molecule has 8 heteroatoms. The van der Waals surface area contributed by atoms with Crippen molar-refractivity contribution >= 4 is 17.6 Å². The molecule has 2 aliphatic rings. The van der Waals surface area contributed by atoms with Crippen LogP contribution in [0, 0.1) is 0 Å². The minimum absolute atomic E-state index is 0.0104. The van der Waals surface area contributed by atoms with Gasteiger partial charge in [-0.25, -0.2) is 4.79 Å². The Morgan fingerprint density at radius 2 is 2.00 bits per heavy atom. The molecule has 1 fully saturated rings. The summed E-state index contributed by atoms with van der Waals surface area (Å²) in [6.45, 7) is 2.53. The van der Waals surface area contributed by atoms with Crippen LogP contribution in [-0.2, 0) is 16.1 Å². The fourth-order valence-corrected chi connectivity index (χ4v) is 4.17. The number of ether oxygens (including phenoxy) is 1. The summed E-state index contributed by atoms with van der Waals surface area (Å²) < 4.78 is 5.77. The Kier molecular flexibility index (Phi) is 6.62. The average molecular weight is 439 g/mol. The number of likely N-dealkylation sites (N-methyl/N-ethyl adjacent to an activating group) is 1. The van der Waals surface area contributed by atoms with Gasteiger partial charge in [-0.15, -0.1) is 0 Å². The molecule has 2 aromatic rings. The average Bonchev–Trinajstić information content (AvgIpc) is 2.83. The van der Waals surface area contributed by atoms with E-state index >= 15 is 0 Å². The number of hydrogen-bond donors (Lipinski definition) is 4. The van der Waals surface area contributed by atoms with E-state index in [9.17, 15) is 14.7 Å². The summed E-state index contributed by atoms with van der Waals surface area (Å²) in [4.78, 5) is 26.3. The second kappa shape index (κ2) is 9.58. The maximum absolute atomic E-state index is 12.5. The lowest BCUT2D eigenvalue weighted by atomic mass is 9.89. The van der Waals surface area contributed by atoms with Gasteiger partial charge in [-0.05, 0) is 30.2 Å². The van der Waals surface area contributed by atoms with E-state index in [1.54, 1.807) is 11.9 Å². The van der Waals surface area contributed by atoms with Crippen LogP contribution in [0.15, 0.2) is 48.5 Å². The van der Waals surface area contributed by atoms with E-state index in [1.165, 1.54) is 0 Å². The molecule has 4 rings (SSSR count). The molecule has 0 aromatic heterocycles. The van der Waals surface area contributed by atoms with Gasteiger partial charge >= 0.3 is 6.03 Å². The number of rotatable bonds is 6. The summed E-state index contributed by atoms with van der Waals surface area (Å²) in [5.41, 5.74) is 3.98. The zero-order chi connectivity index (χ0) is 22.7. The van der Waals surface area contributed by atoms with Crippen molar-refractivity contribution in [2.75, 3.05) is 25.5 Å². The van der Waals surface area contributed by atoms with Crippen LogP contribution < -0.4 is 16.0 Å². The first-order chi connectivity index (χ1) is 15.4. The first-order valence-corrected chi connectivity index (χ1v) is 10.9. The van der Waals surface area contributed by atoms with Gasteiger partial charge in [0.15, 0.2) is 0 Å². The van der Waals surface area contributed by atoms with Crippen molar-refractivity contribution in [1.82, 2.24) is 15.5 Å². The summed E-state index contributed by atoms with van der Waals surface area (Å²) in [6.07, 6.45) is 0.179. The topological polar surface area (TPSA) is 103 Å². The van der Waals surface area contributed by atoms with Crippen LogP contribution in [0.5, 0.6) is 0 Å². The van der Waals surface area contributed by atoms with Gasteiger partial charge in [-0.2, -0.15) is 0 Å². The molecule has 0 unspecified atom stereocenters. The molecular formula is C24H30N4O4. The van der Waals surface area contributed by atoms with E-state index in [0.29, 0.717) is 13.2 Å². The Morgan fingerprint density at radius 1 is 1.22 bits per heavy atom. The largest absolute Gasteiger partial charge is 0.389 e. The molecular weight excluding hydrogens is 408 g/mol. The molecule has 8 nitrogen and oxygen atoms in total. The Morgan fingerprint density at radius 3 is 2.78 bits per heavy atom. The lowest BCUT2D eigenvalue weighted by Gasteiger charge is -2.40. The standard InChI is InChI=1S/C24H30N4O4/c1-15(17-6-4-3-5-7-17)28(2)23(30)13-26-24(31)25-12-16-8-9-19-18(10-16)22-11-20(27-19)21(29)14-32-22/h3-10,15,20-22,27,29H,11-14H2,1-2H3,(H2,25,26,31)/t15-,20+,21-,22+/m1/s1. The van der Waals surface area contributed by atoms with Gasteiger partial charge < -0.3 is 30.7 Å². The van der Waals surface area contributed by atoms with Crippen LogP contribution >= 0.6 is 0 Å². The quantitative estimate of drug-likeness (QED) is 0.554. The third kappa shape index (κ3) is 4.87. The number of nitrogens with zero attached hydrogens (tertiary/aromatic N) is 1. The molecule has 4 atom stereocenters. The zero-order valence-corrected chi connectivity index (χ0v) is 18.4. The summed E-state index contributed by atoms with van der Waals surface area (Å²) in [7, 11) is 1.73. The van der Waals surface area contributed by atoms with Gasteiger partial charge in [0.2, 0.25) is 5.91 Å². The summed E-state index contributed by atoms with van der Waals surface area (Å²) in [5.74, 6) is -0.164. The van der Waals surface area contributed by atoms with Gasteiger partial charge in [0, 0.05) is 31.3 Å². The van der Waals surface area contributed by atoms with Crippen LogP contribution in [-0.4, -0.2) is 54.3 Å². The van der Waals surface area contributed by atoms with E-state index in [2.05, 4.69) is 16.0 Å². The number of benzene rings is 2. The molecule has 2 aliphatic heterocycles. The molecule has 3 amide bonds. The van der Waals surface area contributed by atoms with Crippen molar-refractivity contribution in [3.63, 3.8) is 0 Å².